The van der Waals surface area contributed by atoms with Crippen molar-refractivity contribution in [3.05, 3.63) is 35.9 Å². The third-order valence-corrected chi connectivity index (χ3v) is 3.48. The van der Waals surface area contributed by atoms with E-state index in [9.17, 15) is 4.79 Å². The Bertz CT molecular complexity index is 770. The average Bonchev–Trinajstić information content (AvgIpc) is 3.07. The van der Waals surface area contributed by atoms with Crippen LogP contribution in [0.25, 0.3) is 0 Å². The number of hydrogen-bond acceptors (Lipinski definition) is 7. The highest BCUT2D eigenvalue weighted by Gasteiger charge is 2.23. The highest BCUT2D eigenvalue weighted by Crippen LogP contribution is 2.40. The molecule has 1 aliphatic heterocycles. The van der Waals surface area contributed by atoms with Gasteiger partial charge in [0, 0.05) is 6.07 Å². The van der Waals surface area contributed by atoms with Crippen molar-refractivity contribution < 1.29 is 33.2 Å². The summed E-state index contributed by atoms with van der Waals surface area (Å²) in [6.07, 6.45) is 0. The molecule has 0 bridgehead atoms. The summed E-state index contributed by atoms with van der Waals surface area (Å²) in [5.41, 5.74) is 0.216. The van der Waals surface area contributed by atoms with Crippen molar-refractivity contribution >= 4 is 5.97 Å². The first-order valence-electron chi connectivity index (χ1n) is 7.08. The molecule has 0 spiro atoms. The third kappa shape index (κ3) is 2.76. The number of hydrogen-bond donors (Lipinski definition) is 0. The molecule has 0 N–H and O–H groups in total. The minimum absolute atomic E-state index is 0.149. The molecule has 3 rings (SSSR count). The van der Waals surface area contributed by atoms with Crippen molar-refractivity contribution in [3.8, 4) is 34.5 Å². The largest absolute Gasteiger partial charge is 0.493 e. The molecular formula is C17H16O7. The molecule has 0 amide bonds. The Hall–Kier alpha value is -3.09. The van der Waals surface area contributed by atoms with Crippen molar-refractivity contribution in [1.82, 2.24) is 0 Å². The molecule has 0 unspecified atom stereocenters. The van der Waals surface area contributed by atoms with Gasteiger partial charge in [0.15, 0.2) is 23.0 Å². The van der Waals surface area contributed by atoms with Crippen LogP contribution >= 0.6 is 0 Å². The maximum absolute atomic E-state index is 12.5. The predicted octanol–water partition coefficient (Wildman–Crippen LogP) is 2.66. The van der Waals surface area contributed by atoms with Crippen LogP contribution in [0.5, 0.6) is 34.5 Å². The second kappa shape index (κ2) is 6.57. The fourth-order valence-corrected chi connectivity index (χ4v) is 2.36. The van der Waals surface area contributed by atoms with Crippen LogP contribution in [0.3, 0.4) is 0 Å². The maximum atomic E-state index is 12.5. The van der Waals surface area contributed by atoms with Crippen LogP contribution in [0.4, 0.5) is 0 Å². The lowest BCUT2D eigenvalue weighted by atomic mass is 10.1. The van der Waals surface area contributed by atoms with Gasteiger partial charge in [0.25, 0.3) is 0 Å². The van der Waals surface area contributed by atoms with Crippen molar-refractivity contribution in [2.45, 2.75) is 0 Å². The number of esters is 1. The van der Waals surface area contributed by atoms with Gasteiger partial charge in [-0.15, -0.1) is 0 Å². The van der Waals surface area contributed by atoms with Gasteiger partial charge in [0.1, 0.15) is 11.3 Å². The van der Waals surface area contributed by atoms with E-state index in [4.69, 9.17) is 28.4 Å². The smallest absolute Gasteiger partial charge is 0.347 e. The Kier molecular flexibility index (Phi) is 4.33. The fraction of sp³-hybridized carbons (Fsp3) is 0.235. The van der Waals surface area contributed by atoms with Gasteiger partial charge < -0.3 is 28.4 Å². The second-order valence-electron chi connectivity index (χ2n) is 4.79. The first-order chi connectivity index (χ1) is 11.7. The van der Waals surface area contributed by atoms with Gasteiger partial charge in [-0.1, -0.05) is 0 Å². The number of benzene rings is 2. The summed E-state index contributed by atoms with van der Waals surface area (Å²) in [5.74, 6) is 1.89. The predicted molar refractivity (Wildman–Crippen MR) is 83.6 cm³/mol. The molecule has 0 aliphatic carbocycles. The lowest BCUT2D eigenvalue weighted by Crippen LogP contribution is -2.11. The number of carbonyl (C=O) groups is 1. The topological polar surface area (TPSA) is 72.5 Å². The Morgan fingerprint density at radius 2 is 1.67 bits per heavy atom. The Morgan fingerprint density at radius 1 is 0.917 bits per heavy atom. The van der Waals surface area contributed by atoms with E-state index in [0.717, 1.165) is 0 Å². The summed E-state index contributed by atoms with van der Waals surface area (Å²) in [6, 6.07) is 8.05. The van der Waals surface area contributed by atoms with Crippen LogP contribution < -0.4 is 28.4 Å². The van der Waals surface area contributed by atoms with Crippen molar-refractivity contribution in [3.63, 3.8) is 0 Å². The molecule has 1 aliphatic rings. The number of carbonyl (C=O) groups excluding carboxylic acids is 1. The molecule has 126 valence electrons. The molecule has 0 radical (unpaired) electrons. The molecule has 2 aromatic rings. The van der Waals surface area contributed by atoms with Crippen LogP contribution in [0.1, 0.15) is 10.4 Å². The quantitative estimate of drug-likeness (QED) is 0.615. The second-order valence-corrected chi connectivity index (χ2v) is 4.79. The summed E-state index contributed by atoms with van der Waals surface area (Å²) < 4.78 is 31.6. The Labute approximate surface area is 138 Å². The summed E-state index contributed by atoms with van der Waals surface area (Å²) in [6.45, 7) is 0.149. The Morgan fingerprint density at radius 3 is 2.38 bits per heavy atom. The van der Waals surface area contributed by atoms with Gasteiger partial charge in [0.2, 0.25) is 12.5 Å². The molecule has 2 aromatic carbocycles. The van der Waals surface area contributed by atoms with Gasteiger partial charge in [-0.05, 0) is 24.3 Å². The lowest BCUT2D eigenvalue weighted by molar-refractivity contribution is 0.0730. The molecule has 24 heavy (non-hydrogen) atoms. The molecule has 0 saturated heterocycles. The molecule has 0 aromatic heterocycles. The average molecular weight is 332 g/mol. The normalized spacial score (nSPS) is 11.8. The zero-order valence-electron chi connectivity index (χ0n) is 13.5. The maximum Gasteiger partial charge on any atom is 0.347 e. The van der Waals surface area contributed by atoms with Crippen LogP contribution in [0.2, 0.25) is 0 Å². The summed E-state index contributed by atoms with van der Waals surface area (Å²) in [4.78, 5) is 12.5. The van der Waals surface area contributed by atoms with Gasteiger partial charge in [-0.25, -0.2) is 4.79 Å². The number of rotatable bonds is 5. The summed E-state index contributed by atoms with van der Waals surface area (Å²) in [5, 5.41) is 0. The molecule has 0 saturated carbocycles. The fourth-order valence-electron chi connectivity index (χ4n) is 2.36. The van der Waals surface area contributed by atoms with E-state index in [1.54, 1.807) is 30.3 Å². The van der Waals surface area contributed by atoms with Crippen LogP contribution in [0.15, 0.2) is 30.3 Å². The van der Waals surface area contributed by atoms with E-state index in [1.807, 2.05) is 0 Å². The first-order valence-corrected chi connectivity index (χ1v) is 7.08. The van der Waals surface area contributed by atoms with Gasteiger partial charge >= 0.3 is 5.97 Å². The van der Waals surface area contributed by atoms with E-state index in [2.05, 4.69) is 0 Å². The van der Waals surface area contributed by atoms with Crippen LogP contribution in [-0.2, 0) is 0 Å². The van der Waals surface area contributed by atoms with E-state index >= 15 is 0 Å². The van der Waals surface area contributed by atoms with Crippen molar-refractivity contribution in [1.29, 1.82) is 0 Å². The molecule has 7 heteroatoms. The van der Waals surface area contributed by atoms with E-state index in [1.165, 1.54) is 21.3 Å². The first kappa shape index (κ1) is 15.8. The molecule has 0 atom stereocenters. The zero-order chi connectivity index (χ0) is 17.1. The number of ether oxygens (including phenoxy) is 6. The molecule has 7 nitrogen and oxygen atoms in total. The van der Waals surface area contributed by atoms with Gasteiger partial charge in [-0.2, -0.15) is 0 Å². The van der Waals surface area contributed by atoms with Gasteiger partial charge in [0.05, 0.1) is 21.3 Å². The molecule has 1 heterocycles. The van der Waals surface area contributed by atoms with E-state index in [-0.39, 0.29) is 18.1 Å². The van der Waals surface area contributed by atoms with Crippen LogP contribution in [0, 0.1) is 0 Å². The molecule has 0 fully saturated rings. The standard InChI is InChI=1S/C17H16O7/c1-19-13-7-5-11(15(20-2)16(13)21-3)17(18)24-10-4-6-12-14(8-10)23-9-22-12/h4-8H,9H2,1-3H3. The van der Waals surface area contributed by atoms with E-state index < -0.39 is 5.97 Å². The molecular weight excluding hydrogens is 316 g/mol. The highest BCUT2D eigenvalue weighted by atomic mass is 16.7. The summed E-state index contributed by atoms with van der Waals surface area (Å²) >= 11 is 0. The van der Waals surface area contributed by atoms with Gasteiger partial charge in [-0.3, -0.25) is 0 Å². The number of methoxy groups -OCH3 is 3. The van der Waals surface area contributed by atoms with Crippen LogP contribution in [-0.4, -0.2) is 34.1 Å². The highest BCUT2D eigenvalue weighted by molar-refractivity contribution is 5.95. The lowest BCUT2D eigenvalue weighted by Gasteiger charge is -2.15. The summed E-state index contributed by atoms with van der Waals surface area (Å²) in [7, 11) is 4.41. The number of fused-ring (bicyclic) bond motifs is 1. The SMILES string of the molecule is COc1ccc(C(=O)Oc2ccc3c(c2)OCO3)c(OC)c1OC. The Balaban J connectivity index is 1.90. The zero-order valence-corrected chi connectivity index (χ0v) is 13.5. The van der Waals surface area contributed by atoms with Crippen molar-refractivity contribution in [2.75, 3.05) is 28.1 Å². The minimum atomic E-state index is -0.591. The minimum Gasteiger partial charge on any atom is -0.493 e. The third-order valence-electron chi connectivity index (χ3n) is 3.48. The van der Waals surface area contributed by atoms with Crippen molar-refractivity contribution in [2.24, 2.45) is 0 Å². The van der Waals surface area contributed by atoms with E-state index in [0.29, 0.717) is 28.7 Å². The monoisotopic (exact) mass is 332 g/mol.